The van der Waals surface area contributed by atoms with Crippen LogP contribution in [0.4, 0.5) is 5.69 Å². The van der Waals surface area contributed by atoms with Crippen LogP contribution in [0.25, 0.3) is 0 Å². The van der Waals surface area contributed by atoms with Crippen molar-refractivity contribution >= 4 is 11.6 Å². The Labute approximate surface area is 106 Å². The molecule has 0 fully saturated rings. The molecule has 94 valence electrons. The van der Waals surface area contributed by atoms with Gasteiger partial charge < -0.3 is 5.32 Å². The van der Waals surface area contributed by atoms with Crippen molar-refractivity contribution in [2.75, 3.05) is 5.32 Å². The summed E-state index contributed by atoms with van der Waals surface area (Å²) in [6.45, 7) is 4.17. The van der Waals surface area contributed by atoms with Gasteiger partial charge in [0.25, 0.3) is 5.91 Å². The van der Waals surface area contributed by atoms with Gasteiger partial charge in [-0.3, -0.25) is 14.5 Å². The standard InChI is InChI=1S/C13H16N4O/c1-9(2)10-6-11(8-14-7-10)16-13(18)12-4-5-15-17(12)3/h4-9H,1-3H3,(H,16,18). The molecule has 0 atom stereocenters. The number of pyridine rings is 1. The van der Waals surface area contributed by atoms with Crippen LogP contribution in [-0.2, 0) is 7.05 Å². The quantitative estimate of drug-likeness (QED) is 0.900. The average molecular weight is 244 g/mol. The second-order valence-electron chi connectivity index (χ2n) is 4.46. The fraction of sp³-hybridized carbons (Fsp3) is 0.308. The zero-order valence-corrected chi connectivity index (χ0v) is 10.7. The van der Waals surface area contributed by atoms with E-state index in [1.165, 1.54) is 4.68 Å². The molecule has 1 amide bonds. The third kappa shape index (κ3) is 2.56. The maximum absolute atomic E-state index is 12.0. The molecule has 0 unspecified atom stereocenters. The highest BCUT2D eigenvalue weighted by Gasteiger charge is 2.10. The van der Waals surface area contributed by atoms with Crippen molar-refractivity contribution in [3.8, 4) is 0 Å². The molecule has 2 heterocycles. The van der Waals surface area contributed by atoms with Crippen LogP contribution in [-0.4, -0.2) is 20.7 Å². The summed E-state index contributed by atoms with van der Waals surface area (Å²) in [5, 5.41) is 6.78. The molecule has 2 aromatic heterocycles. The molecule has 5 nitrogen and oxygen atoms in total. The van der Waals surface area contributed by atoms with E-state index in [9.17, 15) is 4.79 Å². The molecule has 0 aliphatic heterocycles. The van der Waals surface area contributed by atoms with Crippen LogP contribution in [0.3, 0.4) is 0 Å². The lowest BCUT2D eigenvalue weighted by molar-refractivity contribution is 0.101. The van der Waals surface area contributed by atoms with Crippen LogP contribution in [0.1, 0.15) is 35.8 Å². The third-order valence-electron chi connectivity index (χ3n) is 2.74. The van der Waals surface area contributed by atoms with E-state index in [2.05, 4.69) is 29.2 Å². The summed E-state index contributed by atoms with van der Waals surface area (Å²) in [7, 11) is 1.73. The molecule has 2 rings (SSSR count). The molecule has 1 N–H and O–H groups in total. The molecular weight excluding hydrogens is 228 g/mol. The van der Waals surface area contributed by atoms with Gasteiger partial charge in [0.15, 0.2) is 0 Å². The molecule has 0 saturated heterocycles. The lowest BCUT2D eigenvalue weighted by Crippen LogP contribution is -2.16. The minimum absolute atomic E-state index is 0.183. The number of carbonyl (C=O) groups excluding carboxylic acids is 1. The third-order valence-corrected chi connectivity index (χ3v) is 2.74. The first-order chi connectivity index (χ1) is 8.58. The number of rotatable bonds is 3. The van der Waals surface area contributed by atoms with Gasteiger partial charge in [-0.2, -0.15) is 5.10 Å². The van der Waals surface area contributed by atoms with E-state index in [0.717, 1.165) is 5.56 Å². The van der Waals surface area contributed by atoms with Crippen molar-refractivity contribution in [2.45, 2.75) is 19.8 Å². The van der Waals surface area contributed by atoms with Crippen LogP contribution in [0.5, 0.6) is 0 Å². The van der Waals surface area contributed by atoms with Crippen LogP contribution < -0.4 is 5.32 Å². The van der Waals surface area contributed by atoms with Crippen molar-refractivity contribution in [1.82, 2.24) is 14.8 Å². The Balaban J connectivity index is 2.17. The van der Waals surface area contributed by atoms with E-state index in [1.807, 2.05) is 12.3 Å². The number of carbonyl (C=O) groups is 1. The number of nitrogens with one attached hydrogen (secondary N) is 1. The fourth-order valence-electron chi connectivity index (χ4n) is 1.63. The van der Waals surface area contributed by atoms with Gasteiger partial charge in [-0.25, -0.2) is 0 Å². The summed E-state index contributed by atoms with van der Waals surface area (Å²) in [6.07, 6.45) is 5.04. The molecular formula is C13H16N4O. The Morgan fingerprint density at radius 3 is 2.78 bits per heavy atom. The van der Waals surface area contributed by atoms with E-state index in [1.54, 1.807) is 25.5 Å². The first-order valence-corrected chi connectivity index (χ1v) is 5.82. The van der Waals surface area contributed by atoms with Crippen LogP contribution in [0.2, 0.25) is 0 Å². The van der Waals surface area contributed by atoms with E-state index in [-0.39, 0.29) is 5.91 Å². The molecule has 2 aromatic rings. The Bertz CT molecular complexity index is 560. The highest BCUT2D eigenvalue weighted by atomic mass is 16.2. The summed E-state index contributed by atoms with van der Waals surface area (Å²) in [5.74, 6) is 0.198. The fourth-order valence-corrected chi connectivity index (χ4v) is 1.63. The van der Waals surface area contributed by atoms with Gasteiger partial charge >= 0.3 is 0 Å². The Morgan fingerprint density at radius 2 is 2.17 bits per heavy atom. The smallest absolute Gasteiger partial charge is 0.273 e. The number of anilines is 1. The van der Waals surface area contributed by atoms with E-state index in [4.69, 9.17) is 0 Å². The van der Waals surface area contributed by atoms with Gasteiger partial charge in [0.2, 0.25) is 0 Å². The molecule has 0 bridgehead atoms. The minimum atomic E-state index is -0.183. The number of hydrogen-bond acceptors (Lipinski definition) is 3. The Kier molecular flexibility index (Phi) is 3.41. The SMILES string of the molecule is CC(C)c1cncc(NC(=O)c2ccnn2C)c1. The van der Waals surface area contributed by atoms with Crippen molar-refractivity contribution in [1.29, 1.82) is 0 Å². The zero-order valence-electron chi connectivity index (χ0n) is 10.7. The first-order valence-electron chi connectivity index (χ1n) is 5.82. The minimum Gasteiger partial charge on any atom is -0.319 e. The number of aromatic nitrogens is 3. The molecule has 0 aromatic carbocycles. The summed E-state index contributed by atoms with van der Waals surface area (Å²) < 4.78 is 1.54. The van der Waals surface area contributed by atoms with E-state index in [0.29, 0.717) is 17.3 Å². The molecule has 0 radical (unpaired) electrons. The summed E-state index contributed by atoms with van der Waals surface area (Å²) in [5.41, 5.74) is 2.31. The van der Waals surface area contributed by atoms with Crippen molar-refractivity contribution < 1.29 is 4.79 Å². The highest BCUT2D eigenvalue weighted by molar-refractivity contribution is 6.02. The molecule has 0 aliphatic carbocycles. The monoisotopic (exact) mass is 244 g/mol. The van der Waals surface area contributed by atoms with Gasteiger partial charge in [-0.05, 0) is 23.6 Å². The van der Waals surface area contributed by atoms with Crippen LogP contribution in [0.15, 0.2) is 30.7 Å². The highest BCUT2D eigenvalue weighted by Crippen LogP contribution is 2.17. The van der Waals surface area contributed by atoms with Gasteiger partial charge in [0.1, 0.15) is 5.69 Å². The summed E-state index contributed by atoms with van der Waals surface area (Å²) in [6, 6.07) is 3.61. The maximum atomic E-state index is 12.0. The number of hydrogen-bond donors (Lipinski definition) is 1. The van der Waals surface area contributed by atoms with Gasteiger partial charge in [-0.15, -0.1) is 0 Å². The zero-order chi connectivity index (χ0) is 13.1. The summed E-state index contributed by atoms with van der Waals surface area (Å²) >= 11 is 0. The average Bonchev–Trinajstić information content (AvgIpc) is 2.76. The second kappa shape index (κ2) is 5.00. The van der Waals surface area contributed by atoms with Crippen molar-refractivity contribution in [3.63, 3.8) is 0 Å². The van der Waals surface area contributed by atoms with Crippen molar-refractivity contribution in [2.24, 2.45) is 7.05 Å². The number of nitrogens with zero attached hydrogens (tertiary/aromatic N) is 3. The predicted molar refractivity (Wildman–Crippen MR) is 69.5 cm³/mol. The molecule has 18 heavy (non-hydrogen) atoms. The topological polar surface area (TPSA) is 59.8 Å². The molecule has 0 saturated carbocycles. The van der Waals surface area contributed by atoms with Gasteiger partial charge in [-0.1, -0.05) is 13.8 Å². The largest absolute Gasteiger partial charge is 0.319 e. The van der Waals surface area contributed by atoms with Gasteiger partial charge in [0.05, 0.1) is 11.9 Å². The number of amides is 1. The van der Waals surface area contributed by atoms with Gasteiger partial charge in [0, 0.05) is 19.4 Å². The number of aryl methyl sites for hydroxylation is 1. The first kappa shape index (κ1) is 12.3. The van der Waals surface area contributed by atoms with E-state index >= 15 is 0 Å². The second-order valence-corrected chi connectivity index (χ2v) is 4.46. The lowest BCUT2D eigenvalue weighted by atomic mass is 10.1. The predicted octanol–water partition coefficient (Wildman–Crippen LogP) is 2.19. The molecule has 5 heteroatoms. The lowest BCUT2D eigenvalue weighted by Gasteiger charge is -2.08. The molecule has 0 spiro atoms. The maximum Gasteiger partial charge on any atom is 0.273 e. The summed E-state index contributed by atoms with van der Waals surface area (Å²) in [4.78, 5) is 16.1. The molecule has 0 aliphatic rings. The van der Waals surface area contributed by atoms with Crippen molar-refractivity contribution in [3.05, 3.63) is 42.0 Å². The van der Waals surface area contributed by atoms with Crippen LogP contribution in [0, 0.1) is 0 Å². The van der Waals surface area contributed by atoms with E-state index < -0.39 is 0 Å². The van der Waals surface area contributed by atoms with Crippen LogP contribution >= 0.6 is 0 Å². The Hall–Kier alpha value is -2.17. The Morgan fingerprint density at radius 1 is 1.39 bits per heavy atom. The normalized spacial score (nSPS) is 10.7.